The predicted molar refractivity (Wildman–Crippen MR) is 80.4 cm³/mol. The molecule has 0 amide bonds. The van der Waals surface area contributed by atoms with Crippen molar-refractivity contribution in [1.29, 1.82) is 0 Å². The van der Waals surface area contributed by atoms with Gasteiger partial charge in [0.2, 0.25) is 0 Å². The van der Waals surface area contributed by atoms with Crippen LogP contribution < -0.4 is 4.52 Å². The van der Waals surface area contributed by atoms with Crippen molar-refractivity contribution >= 4 is 29.7 Å². The van der Waals surface area contributed by atoms with Crippen LogP contribution in [0.15, 0.2) is 49.6 Å². The van der Waals surface area contributed by atoms with Crippen molar-refractivity contribution in [3.63, 3.8) is 0 Å². The highest BCUT2D eigenvalue weighted by atomic mass is 32.9. The first-order valence-corrected chi connectivity index (χ1v) is 8.85. The minimum atomic E-state index is -2.56. The number of para-hydroxylation sites is 1. The molecule has 0 saturated carbocycles. The van der Waals surface area contributed by atoms with Crippen LogP contribution in [0, 0.1) is 0 Å². The summed E-state index contributed by atoms with van der Waals surface area (Å²) in [5.41, 5.74) is -1.54. The fourth-order valence-electron chi connectivity index (χ4n) is 1.21. The molecule has 0 heterocycles. The fraction of sp³-hybridized carbons (Fsp3) is 0.167. The van der Waals surface area contributed by atoms with Gasteiger partial charge in [0.25, 0.3) is 5.69 Å². The van der Waals surface area contributed by atoms with Crippen LogP contribution in [0.3, 0.4) is 0 Å². The van der Waals surface area contributed by atoms with Gasteiger partial charge in [-0.05, 0) is 29.9 Å². The standard InChI is InChI=1S/C12H15O2PS2/c1-3-7-11-8-5-6-9-12(11)14-15(16,17)13-10-4-2/h3-6,8-9H,1-2,7,10H2,(H,16,17). The average Bonchev–Trinajstić information content (AvgIpc) is 2.29. The van der Waals surface area contributed by atoms with Gasteiger partial charge < -0.3 is 9.05 Å². The molecule has 2 nitrogen and oxygen atoms in total. The molecule has 1 unspecified atom stereocenters. The lowest BCUT2D eigenvalue weighted by atomic mass is 10.1. The van der Waals surface area contributed by atoms with Gasteiger partial charge in [-0.15, -0.1) is 13.2 Å². The Labute approximate surface area is 113 Å². The quantitative estimate of drug-likeness (QED) is 0.461. The Hall–Kier alpha value is -0.540. The lowest BCUT2D eigenvalue weighted by molar-refractivity contribution is 0.365. The molecule has 0 aliphatic carbocycles. The Morgan fingerprint density at radius 2 is 2.00 bits per heavy atom. The monoisotopic (exact) mass is 286 g/mol. The summed E-state index contributed by atoms with van der Waals surface area (Å²) in [6.07, 6.45) is 4.16. The van der Waals surface area contributed by atoms with E-state index in [1.165, 1.54) is 0 Å². The normalized spacial score (nSPS) is 13.7. The summed E-state index contributed by atoms with van der Waals surface area (Å²) in [5.74, 6) is 0.704. The van der Waals surface area contributed by atoms with Crippen LogP contribution in [0.4, 0.5) is 0 Å². The molecule has 5 heteroatoms. The van der Waals surface area contributed by atoms with E-state index in [0.29, 0.717) is 12.4 Å². The van der Waals surface area contributed by atoms with Crippen molar-refractivity contribution in [2.24, 2.45) is 0 Å². The summed E-state index contributed by atoms with van der Waals surface area (Å²) in [6, 6.07) is 7.65. The van der Waals surface area contributed by atoms with Crippen molar-refractivity contribution in [2.75, 3.05) is 6.61 Å². The first kappa shape index (κ1) is 14.5. The summed E-state index contributed by atoms with van der Waals surface area (Å²) >= 11 is 9.45. The molecule has 92 valence electrons. The van der Waals surface area contributed by atoms with Crippen LogP contribution in [-0.4, -0.2) is 6.61 Å². The Kier molecular flexibility index (Phi) is 6.00. The SMILES string of the molecule is C=CCOP(=S)(S)Oc1ccccc1CC=C. The number of hydrogen-bond donors (Lipinski definition) is 1. The summed E-state index contributed by atoms with van der Waals surface area (Å²) in [5, 5.41) is 0. The molecule has 0 N–H and O–H groups in total. The molecule has 1 aromatic carbocycles. The lowest BCUT2D eigenvalue weighted by Gasteiger charge is -2.18. The summed E-state index contributed by atoms with van der Waals surface area (Å²) < 4.78 is 11.0. The van der Waals surface area contributed by atoms with Gasteiger partial charge >= 0.3 is 0 Å². The van der Waals surface area contributed by atoms with E-state index in [9.17, 15) is 0 Å². The van der Waals surface area contributed by atoms with E-state index in [4.69, 9.17) is 20.9 Å². The summed E-state index contributed by atoms with van der Waals surface area (Å²) in [6.45, 7) is 7.61. The Bertz CT molecular complexity index is 446. The van der Waals surface area contributed by atoms with Gasteiger partial charge in [-0.2, -0.15) is 0 Å². The van der Waals surface area contributed by atoms with Crippen molar-refractivity contribution in [1.82, 2.24) is 0 Å². The van der Waals surface area contributed by atoms with Crippen LogP contribution in [-0.2, 0) is 22.8 Å². The molecule has 1 atom stereocenters. The second kappa shape index (κ2) is 7.02. The van der Waals surface area contributed by atoms with Crippen molar-refractivity contribution < 1.29 is 9.05 Å². The zero-order valence-corrected chi connectivity index (χ0v) is 12.0. The minimum absolute atomic E-state index is 0.338. The number of hydrogen-bond acceptors (Lipinski definition) is 3. The third-order valence-electron chi connectivity index (χ3n) is 1.91. The molecule has 1 rings (SSSR count). The Morgan fingerprint density at radius 1 is 1.29 bits per heavy atom. The van der Waals surface area contributed by atoms with Gasteiger partial charge in [-0.25, -0.2) is 0 Å². The van der Waals surface area contributed by atoms with Crippen LogP contribution in [0.1, 0.15) is 5.56 Å². The van der Waals surface area contributed by atoms with Gasteiger partial charge in [-0.3, -0.25) is 0 Å². The maximum Gasteiger partial charge on any atom is 0.294 e. The van der Waals surface area contributed by atoms with Crippen molar-refractivity contribution in [2.45, 2.75) is 6.42 Å². The van der Waals surface area contributed by atoms with Crippen LogP contribution in [0.25, 0.3) is 0 Å². The third kappa shape index (κ3) is 5.09. The first-order valence-electron chi connectivity index (χ1n) is 5.05. The zero-order chi connectivity index (χ0) is 12.7. The highest BCUT2D eigenvalue weighted by Gasteiger charge is 2.15. The number of allylic oxidation sites excluding steroid dienone is 1. The fourth-order valence-corrected chi connectivity index (χ4v) is 2.88. The molecule has 0 bridgehead atoms. The number of thiol groups is 1. The maximum atomic E-state index is 5.66. The minimum Gasteiger partial charge on any atom is -0.436 e. The lowest BCUT2D eigenvalue weighted by Crippen LogP contribution is -1.95. The Balaban J connectivity index is 2.82. The average molecular weight is 286 g/mol. The Morgan fingerprint density at radius 3 is 2.65 bits per heavy atom. The largest absolute Gasteiger partial charge is 0.436 e. The van der Waals surface area contributed by atoms with E-state index in [1.54, 1.807) is 6.08 Å². The highest BCUT2D eigenvalue weighted by molar-refractivity contribution is 8.60. The van der Waals surface area contributed by atoms with E-state index in [2.05, 4.69) is 25.4 Å². The molecule has 0 aliphatic heterocycles. The van der Waals surface area contributed by atoms with Gasteiger partial charge in [0.05, 0.1) is 6.61 Å². The molecule has 17 heavy (non-hydrogen) atoms. The highest BCUT2D eigenvalue weighted by Crippen LogP contribution is 2.53. The van der Waals surface area contributed by atoms with E-state index in [1.807, 2.05) is 30.3 Å². The smallest absolute Gasteiger partial charge is 0.294 e. The topological polar surface area (TPSA) is 18.5 Å². The molecular weight excluding hydrogens is 271 g/mol. The maximum absolute atomic E-state index is 5.66. The molecule has 0 aliphatic rings. The van der Waals surface area contributed by atoms with Gasteiger partial charge in [0, 0.05) is 0 Å². The summed E-state index contributed by atoms with van der Waals surface area (Å²) in [7, 11) is 0. The van der Waals surface area contributed by atoms with Crippen LogP contribution >= 0.6 is 17.9 Å². The molecule has 0 radical (unpaired) electrons. The zero-order valence-electron chi connectivity index (χ0n) is 9.41. The van der Waals surface area contributed by atoms with E-state index < -0.39 is 5.69 Å². The van der Waals surface area contributed by atoms with E-state index in [0.717, 1.165) is 12.0 Å². The molecule has 1 aromatic rings. The first-order chi connectivity index (χ1) is 8.09. The second-order valence-electron chi connectivity index (χ2n) is 3.24. The molecule has 0 aromatic heterocycles. The summed E-state index contributed by atoms with van der Waals surface area (Å²) in [4.78, 5) is 0. The third-order valence-corrected chi connectivity index (χ3v) is 3.94. The van der Waals surface area contributed by atoms with E-state index in [-0.39, 0.29) is 0 Å². The molecule has 0 spiro atoms. The van der Waals surface area contributed by atoms with Gasteiger partial charge in [0.1, 0.15) is 5.75 Å². The van der Waals surface area contributed by atoms with Crippen LogP contribution in [0.2, 0.25) is 0 Å². The molecule has 0 fully saturated rings. The molecule has 0 saturated heterocycles. The molecular formula is C12H15O2PS2. The van der Waals surface area contributed by atoms with Crippen molar-refractivity contribution in [3.8, 4) is 5.75 Å². The number of benzene rings is 1. The van der Waals surface area contributed by atoms with E-state index >= 15 is 0 Å². The van der Waals surface area contributed by atoms with Crippen molar-refractivity contribution in [3.05, 3.63) is 55.1 Å². The second-order valence-corrected chi connectivity index (χ2v) is 8.46. The number of rotatable bonds is 7. The predicted octanol–water partition coefficient (Wildman–Crippen LogP) is 4.15. The van der Waals surface area contributed by atoms with Gasteiger partial charge in [-0.1, -0.05) is 42.6 Å². The van der Waals surface area contributed by atoms with Crippen LogP contribution in [0.5, 0.6) is 5.75 Å². The van der Waals surface area contributed by atoms with Gasteiger partial charge in [0.15, 0.2) is 0 Å².